The molecule has 1 aromatic heterocycles. The van der Waals surface area contributed by atoms with Crippen LogP contribution in [0.4, 0.5) is 0 Å². The van der Waals surface area contributed by atoms with Crippen LogP contribution in [0.25, 0.3) is 0 Å². The molecule has 1 amide bonds. The van der Waals surface area contributed by atoms with E-state index in [0.717, 1.165) is 31.4 Å². The molecule has 112 valence electrons. The fourth-order valence-corrected chi connectivity index (χ4v) is 3.78. The molecule has 1 aliphatic carbocycles. The van der Waals surface area contributed by atoms with Crippen molar-refractivity contribution < 1.29 is 4.79 Å². The highest BCUT2D eigenvalue weighted by Crippen LogP contribution is 2.30. The predicted molar refractivity (Wildman–Crippen MR) is 85.4 cm³/mol. The minimum atomic E-state index is 0.167. The molecule has 0 radical (unpaired) electrons. The van der Waals surface area contributed by atoms with E-state index in [0.29, 0.717) is 5.92 Å². The van der Waals surface area contributed by atoms with Gasteiger partial charge in [0.2, 0.25) is 0 Å². The average molecular weight is 294 g/mol. The van der Waals surface area contributed by atoms with Gasteiger partial charge in [0.1, 0.15) is 0 Å². The molecule has 0 aromatic carbocycles. The lowest BCUT2D eigenvalue weighted by atomic mass is 9.95. The third-order valence-corrected chi connectivity index (χ3v) is 5.38. The number of thiophene rings is 1. The van der Waals surface area contributed by atoms with Gasteiger partial charge in [0.15, 0.2) is 0 Å². The summed E-state index contributed by atoms with van der Waals surface area (Å²) in [5, 5.41) is 2.05. The van der Waals surface area contributed by atoms with Crippen LogP contribution in [0.5, 0.6) is 0 Å². The Balaban J connectivity index is 1.98. The number of hydrogen-bond acceptors (Lipinski definition) is 3. The molecule has 1 aliphatic rings. The Hall–Kier alpha value is -0.870. The maximum atomic E-state index is 12.6. The molecule has 1 aromatic rings. The smallest absolute Gasteiger partial charge is 0.254 e. The first-order chi connectivity index (χ1) is 9.50. The first-order valence-corrected chi connectivity index (χ1v) is 8.49. The largest absolute Gasteiger partial charge is 0.342 e. The molecule has 2 N–H and O–H groups in total. The minimum Gasteiger partial charge on any atom is -0.342 e. The number of fused-ring (bicyclic) bond motifs is 1. The summed E-state index contributed by atoms with van der Waals surface area (Å²) in [6.45, 7) is 4.99. The monoisotopic (exact) mass is 294 g/mol. The van der Waals surface area contributed by atoms with E-state index in [1.165, 1.54) is 23.3 Å². The number of aryl methyl sites for hydroxylation is 1. The van der Waals surface area contributed by atoms with Crippen LogP contribution in [0.15, 0.2) is 5.38 Å². The summed E-state index contributed by atoms with van der Waals surface area (Å²) >= 11 is 1.75. The van der Waals surface area contributed by atoms with Crippen molar-refractivity contribution in [1.29, 1.82) is 0 Å². The minimum absolute atomic E-state index is 0.167. The molecule has 1 heterocycles. The fraction of sp³-hybridized carbons (Fsp3) is 0.688. The van der Waals surface area contributed by atoms with Crippen LogP contribution >= 0.6 is 11.3 Å². The van der Waals surface area contributed by atoms with E-state index in [1.54, 1.807) is 11.3 Å². The maximum Gasteiger partial charge on any atom is 0.254 e. The summed E-state index contributed by atoms with van der Waals surface area (Å²) < 4.78 is 0. The number of rotatable bonds is 5. The number of carbonyl (C=O) groups is 1. The first-order valence-electron chi connectivity index (χ1n) is 7.61. The van der Waals surface area contributed by atoms with Crippen LogP contribution in [0.3, 0.4) is 0 Å². The highest BCUT2D eigenvalue weighted by Gasteiger charge is 2.22. The molecule has 0 aliphatic heterocycles. The van der Waals surface area contributed by atoms with E-state index < -0.39 is 0 Å². The molecule has 3 nitrogen and oxygen atoms in total. The second-order valence-electron chi connectivity index (χ2n) is 6.18. The molecule has 1 atom stereocenters. The van der Waals surface area contributed by atoms with Crippen LogP contribution in [0.2, 0.25) is 0 Å². The van der Waals surface area contributed by atoms with Crippen LogP contribution in [0, 0.1) is 5.92 Å². The van der Waals surface area contributed by atoms with Gasteiger partial charge in [-0.25, -0.2) is 0 Å². The van der Waals surface area contributed by atoms with Gasteiger partial charge in [0.25, 0.3) is 5.91 Å². The Morgan fingerprint density at radius 1 is 1.40 bits per heavy atom. The highest BCUT2D eigenvalue weighted by atomic mass is 32.1. The number of nitrogens with zero attached hydrogens (tertiary/aromatic N) is 1. The number of amides is 1. The van der Waals surface area contributed by atoms with Crippen LogP contribution < -0.4 is 5.73 Å². The summed E-state index contributed by atoms with van der Waals surface area (Å²) in [6, 6.07) is 0.168. The Morgan fingerprint density at radius 2 is 2.10 bits per heavy atom. The Bertz CT molecular complexity index is 467. The zero-order chi connectivity index (χ0) is 14.7. The molecule has 2 rings (SSSR count). The van der Waals surface area contributed by atoms with Crippen molar-refractivity contribution in [3.63, 3.8) is 0 Å². The molecule has 0 spiro atoms. The lowest BCUT2D eigenvalue weighted by Gasteiger charge is -2.22. The molecule has 1 unspecified atom stereocenters. The summed E-state index contributed by atoms with van der Waals surface area (Å²) in [7, 11) is 1.89. The third-order valence-electron chi connectivity index (χ3n) is 4.29. The second kappa shape index (κ2) is 6.72. The Morgan fingerprint density at radius 3 is 2.80 bits per heavy atom. The fourth-order valence-electron chi connectivity index (χ4n) is 2.66. The van der Waals surface area contributed by atoms with Gasteiger partial charge in [0, 0.05) is 29.9 Å². The highest BCUT2D eigenvalue weighted by molar-refractivity contribution is 7.10. The quantitative estimate of drug-likeness (QED) is 0.907. The molecule has 0 saturated carbocycles. The van der Waals surface area contributed by atoms with Gasteiger partial charge in [-0.15, -0.1) is 11.3 Å². The Kier molecular flexibility index (Phi) is 5.22. The predicted octanol–water partition coefficient (Wildman–Crippen LogP) is 3.07. The van der Waals surface area contributed by atoms with Crippen LogP contribution in [-0.4, -0.2) is 30.4 Å². The molecule has 20 heavy (non-hydrogen) atoms. The number of nitrogens with two attached hydrogens (primary N) is 1. The van der Waals surface area contributed by atoms with Crippen molar-refractivity contribution in [2.24, 2.45) is 11.7 Å². The summed E-state index contributed by atoms with van der Waals surface area (Å²) in [5.74, 6) is 0.632. The van der Waals surface area contributed by atoms with Gasteiger partial charge in [-0.2, -0.15) is 0 Å². The normalized spacial score (nSPS) is 16.1. The number of carbonyl (C=O) groups excluding carboxylic acids is 1. The van der Waals surface area contributed by atoms with Crippen molar-refractivity contribution in [3.8, 4) is 0 Å². The van der Waals surface area contributed by atoms with Gasteiger partial charge < -0.3 is 10.6 Å². The zero-order valence-electron chi connectivity index (χ0n) is 12.8. The van der Waals surface area contributed by atoms with Gasteiger partial charge in [-0.3, -0.25) is 4.79 Å². The maximum absolute atomic E-state index is 12.6. The van der Waals surface area contributed by atoms with Crippen LogP contribution in [-0.2, 0) is 12.8 Å². The van der Waals surface area contributed by atoms with Crippen molar-refractivity contribution >= 4 is 17.2 Å². The van der Waals surface area contributed by atoms with Gasteiger partial charge in [-0.05, 0) is 43.6 Å². The van der Waals surface area contributed by atoms with Gasteiger partial charge in [0.05, 0.1) is 5.56 Å². The SMILES string of the molecule is CC(C)C(N)CCN(C)C(=O)c1csc2c1CCCC2. The second-order valence-corrected chi connectivity index (χ2v) is 7.15. The summed E-state index contributed by atoms with van der Waals surface area (Å²) in [6.07, 6.45) is 5.56. The molecule has 0 bridgehead atoms. The Labute approximate surface area is 126 Å². The average Bonchev–Trinajstić information content (AvgIpc) is 2.87. The van der Waals surface area contributed by atoms with Crippen molar-refractivity contribution in [1.82, 2.24) is 4.90 Å². The van der Waals surface area contributed by atoms with Gasteiger partial charge in [-0.1, -0.05) is 13.8 Å². The zero-order valence-corrected chi connectivity index (χ0v) is 13.6. The van der Waals surface area contributed by atoms with Crippen molar-refractivity contribution in [3.05, 3.63) is 21.4 Å². The van der Waals surface area contributed by atoms with E-state index in [1.807, 2.05) is 11.9 Å². The summed E-state index contributed by atoms with van der Waals surface area (Å²) in [4.78, 5) is 15.8. The molecule has 0 fully saturated rings. The number of hydrogen-bond donors (Lipinski definition) is 1. The molecule has 4 heteroatoms. The van der Waals surface area contributed by atoms with Gasteiger partial charge >= 0.3 is 0 Å². The van der Waals surface area contributed by atoms with Crippen molar-refractivity contribution in [2.75, 3.05) is 13.6 Å². The third kappa shape index (κ3) is 3.41. The first kappa shape index (κ1) is 15.5. The lowest BCUT2D eigenvalue weighted by Crippen LogP contribution is -2.34. The molecular formula is C16H26N2OS. The van der Waals surface area contributed by atoms with E-state index >= 15 is 0 Å². The topological polar surface area (TPSA) is 46.3 Å². The van der Waals surface area contributed by atoms with E-state index in [9.17, 15) is 4.79 Å². The van der Waals surface area contributed by atoms with E-state index in [-0.39, 0.29) is 11.9 Å². The molecular weight excluding hydrogens is 268 g/mol. The van der Waals surface area contributed by atoms with E-state index in [2.05, 4.69) is 19.2 Å². The van der Waals surface area contributed by atoms with Crippen molar-refractivity contribution in [2.45, 2.75) is 52.0 Å². The molecule has 0 saturated heterocycles. The standard InChI is InChI=1S/C16H26N2OS/c1-11(2)14(17)8-9-18(3)16(19)13-10-20-15-7-5-4-6-12(13)15/h10-11,14H,4-9,17H2,1-3H3. The van der Waals surface area contributed by atoms with Crippen LogP contribution in [0.1, 0.15) is 53.9 Å². The van der Waals surface area contributed by atoms with E-state index in [4.69, 9.17) is 5.73 Å². The summed E-state index contributed by atoms with van der Waals surface area (Å²) in [5.41, 5.74) is 8.31. The lowest BCUT2D eigenvalue weighted by molar-refractivity contribution is 0.0788.